The number of anilines is 11. The quantitative estimate of drug-likeness (QED) is 0.0313. The molecule has 67 heavy (non-hydrogen) atoms. The summed E-state index contributed by atoms with van der Waals surface area (Å²) >= 11 is 0. The molecule has 0 bridgehead atoms. The normalized spacial score (nSPS) is 11.5. The van der Waals surface area contributed by atoms with Gasteiger partial charge in [-0.1, -0.05) is 60.7 Å². The van der Waals surface area contributed by atoms with Crippen LogP contribution >= 0.6 is 0 Å². The van der Waals surface area contributed by atoms with Gasteiger partial charge in [0, 0.05) is 41.5 Å². The van der Waals surface area contributed by atoms with Crippen LogP contribution in [0.1, 0.15) is 21.5 Å². The maximum atomic E-state index is 12.8. The third-order valence-electron chi connectivity index (χ3n) is 9.27. The number of carbonyl (C=O) groups is 1. The molecule has 0 saturated heterocycles. The van der Waals surface area contributed by atoms with Crippen molar-refractivity contribution >= 4 is 102 Å². The molecule has 0 amide bonds. The number of aliphatic hydroxyl groups excluding tert-OH is 2. The van der Waals surface area contributed by atoms with Crippen molar-refractivity contribution in [3.05, 3.63) is 138 Å². The first kappa shape index (κ1) is 46.9. The van der Waals surface area contributed by atoms with E-state index < -0.39 is 36.0 Å². The van der Waals surface area contributed by atoms with Gasteiger partial charge in [0.15, 0.2) is 0 Å². The number of hydrogen-bond acceptors (Lipinski definition) is 19. The Kier molecular flexibility index (Phi) is 14.5. The fourth-order valence-electron chi connectivity index (χ4n) is 6.23. The van der Waals surface area contributed by atoms with Gasteiger partial charge in [-0.2, -0.15) is 46.7 Å². The molecule has 2 aromatic heterocycles. The van der Waals surface area contributed by atoms with Gasteiger partial charge in [-0.25, -0.2) is 4.79 Å². The fourth-order valence-corrected chi connectivity index (χ4v) is 7.65. The van der Waals surface area contributed by atoms with Gasteiger partial charge in [0.2, 0.25) is 35.7 Å². The molecular weight excluding hydrogens is 909 g/mol. The molecule has 22 nitrogen and oxygen atoms in total. The first-order valence-corrected chi connectivity index (χ1v) is 22.7. The first-order chi connectivity index (χ1) is 32.1. The van der Waals surface area contributed by atoms with Crippen LogP contribution in [0.3, 0.4) is 0 Å². The van der Waals surface area contributed by atoms with Gasteiger partial charge in [-0.05, 0) is 83.9 Å². The van der Waals surface area contributed by atoms with Crippen LogP contribution in [0.2, 0.25) is 0 Å². The zero-order chi connectivity index (χ0) is 47.6. The van der Waals surface area contributed by atoms with Crippen LogP contribution in [0.25, 0.3) is 12.2 Å². The lowest BCUT2D eigenvalue weighted by atomic mass is 10.1. The molecule has 10 N–H and O–H groups in total. The van der Waals surface area contributed by atoms with Crippen molar-refractivity contribution in [2.24, 2.45) is 0 Å². The lowest BCUT2D eigenvalue weighted by Crippen LogP contribution is -2.31. The highest BCUT2D eigenvalue weighted by atomic mass is 32.2. The molecular formula is C43H40N12O10S2. The van der Waals surface area contributed by atoms with Crippen LogP contribution in [-0.2, 0) is 20.2 Å². The summed E-state index contributed by atoms with van der Waals surface area (Å²) in [7, 11) is -9.85. The minimum absolute atomic E-state index is 0.0232. The van der Waals surface area contributed by atoms with E-state index in [-0.39, 0.29) is 90.1 Å². The number of carboxylic acid groups (broad SMARTS) is 1. The second-order valence-corrected chi connectivity index (χ2v) is 16.8. The van der Waals surface area contributed by atoms with E-state index in [2.05, 4.69) is 56.5 Å². The maximum Gasteiger partial charge on any atom is 0.335 e. The SMILES string of the molecule is O=C(O)c1ccc(Nc2nc(Nc3ccccc3)nc(Nc3ccc(/C=C/c4ccc(Nc5nc(Nc6ccccc6)nc(N(CCO)CCO)n5)cc4S(=O)(=O)O)c(S(=O)(=O)O)c3)n2)cc1. The van der Waals surface area contributed by atoms with E-state index in [9.17, 15) is 46.1 Å². The molecule has 0 unspecified atom stereocenters. The van der Waals surface area contributed by atoms with Crippen LogP contribution in [0.15, 0.2) is 131 Å². The molecule has 5 aromatic carbocycles. The Hall–Kier alpha value is -8.13. The number of aromatic carboxylic acids is 1. The second kappa shape index (κ2) is 20.8. The van der Waals surface area contributed by atoms with E-state index in [0.29, 0.717) is 17.1 Å². The average molecular weight is 949 g/mol. The minimum Gasteiger partial charge on any atom is -0.478 e. The maximum absolute atomic E-state index is 12.8. The largest absolute Gasteiger partial charge is 0.478 e. The highest BCUT2D eigenvalue weighted by molar-refractivity contribution is 7.86. The number of hydrogen-bond donors (Lipinski definition) is 10. The fraction of sp³-hybridized carbons (Fsp3) is 0.0930. The Bertz CT molecular complexity index is 3130. The molecule has 0 aliphatic heterocycles. The second-order valence-electron chi connectivity index (χ2n) is 14.1. The molecule has 344 valence electrons. The Morgan fingerprint density at radius 2 is 0.836 bits per heavy atom. The summed E-state index contributed by atoms with van der Waals surface area (Å²) < 4.78 is 71.7. The van der Waals surface area contributed by atoms with E-state index in [1.807, 2.05) is 12.1 Å². The number of nitrogens with one attached hydrogen (secondary N) is 5. The highest BCUT2D eigenvalue weighted by Gasteiger charge is 2.20. The molecule has 0 radical (unpaired) electrons. The van der Waals surface area contributed by atoms with Crippen molar-refractivity contribution in [2.75, 3.05) is 57.8 Å². The van der Waals surface area contributed by atoms with Crippen LogP contribution < -0.4 is 31.5 Å². The van der Waals surface area contributed by atoms with Gasteiger partial charge in [0.05, 0.1) is 18.8 Å². The van der Waals surface area contributed by atoms with Crippen LogP contribution in [0.5, 0.6) is 0 Å². The number of carboxylic acids is 1. The molecule has 0 aliphatic carbocycles. The first-order valence-electron chi connectivity index (χ1n) is 19.8. The molecule has 0 spiro atoms. The Labute approximate surface area is 382 Å². The summed E-state index contributed by atoms with van der Waals surface area (Å²) in [4.78, 5) is 38.1. The van der Waals surface area contributed by atoms with Crippen molar-refractivity contribution < 1.29 is 46.1 Å². The lowest BCUT2D eigenvalue weighted by molar-refractivity contribution is 0.0696. The number of nitrogens with zero attached hydrogens (tertiary/aromatic N) is 7. The molecule has 0 aliphatic rings. The summed E-state index contributed by atoms with van der Waals surface area (Å²) in [5.41, 5.74) is 1.84. The molecule has 7 rings (SSSR count). The standard InChI is InChI=1S/C43H40N12O10S2/c56-23-21-55(22-24-57)43-53-41(45-31-9-5-2-6-10-31)52-42(54-43)48-34-20-14-28(36(26-34)67(63,64)65)12-11-27-13-19-33(25-35(27)66(60,61)62)47-40-50-38(44-30-7-3-1-4-8-30)49-39(51-40)46-32-17-15-29(16-18-32)37(58)59/h1-20,25-26,56-57H,21-24H2,(H,58,59)(H,60,61,62)(H,63,64,65)(H2,45,48,52,53,54)(H3,44,46,47,49,50,51)/b12-11+. The van der Waals surface area contributed by atoms with Gasteiger partial charge < -0.3 is 46.8 Å². The van der Waals surface area contributed by atoms with Gasteiger partial charge in [-0.3, -0.25) is 9.11 Å². The average Bonchev–Trinajstić information content (AvgIpc) is 3.29. The van der Waals surface area contributed by atoms with Crippen molar-refractivity contribution in [2.45, 2.75) is 9.79 Å². The van der Waals surface area contributed by atoms with Crippen LogP contribution in [0.4, 0.5) is 64.1 Å². The number of aromatic nitrogens is 6. The van der Waals surface area contributed by atoms with Gasteiger partial charge in [-0.15, -0.1) is 0 Å². The molecule has 2 heterocycles. The number of para-hydroxylation sites is 2. The number of aliphatic hydroxyl groups is 2. The van der Waals surface area contributed by atoms with Gasteiger partial charge >= 0.3 is 5.97 Å². The molecule has 0 fully saturated rings. The Morgan fingerprint density at radius 3 is 1.19 bits per heavy atom. The zero-order valence-corrected chi connectivity index (χ0v) is 36.4. The molecule has 24 heteroatoms. The summed E-state index contributed by atoms with van der Waals surface area (Å²) in [6.07, 6.45) is 2.45. The number of rotatable bonds is 20. The monoisotopic (exact) mass is 948 g/mol. The Balaban J connectivity index is 1.17. The van der Waals surface area contributed by atoms with E-state index in [4.69, 9.17) is 0 Å². The topological polar surface area (TPSA) is 327 Å². The van der Waals surface area contributed by atoms with E-state index in [1.165, 1.54) is 65.6 Å². The third-order valence-corrected chi connectivity index (χ3v) is 11.1. The van der Waals surface area contributed by atoms with E-state index in [0.717, 1.165) is 12.1 Å². The van der Waals surface area contributed by atoms with Gasteiger partial charge in [0.25, 0.3) is 20.2 Å². The summed E-state index contributed by atoms with van der Waals surface area (Å²) in [5.74, 6) is -0.996. The molecule has 7 aromatic rings. The van der Waals surface area contributed by atoms with Crippen molar-refractivity contribution in [3.63, 3.8) is 0 Å². The van der Waals surface area contributed by atoms with Crippen molar-refractivity contribution in [1.29, 1.82) is 0 Å². The highest BCUT2D eigenvalue weighted by Crippen LogP contribution is 2.29. The third kappa shape index (κ3) is 12.8. The van der Waals surface area contributed by atoms with Crippen LogP contribution in [0, 0.1) is 0 Å². The van der Waals surface area contributed by atoms with Crippen molar-refractivity contribution in [1.82, 2.24) is 29.9 Å². The summed E-state index contributed by atoms with van der Waals surface area (Å²) in [5, 5.41) is 43.4. The van der Waals surface area contributed by atoms with Gasteiger partial charge in [0.1, 0.15) is 9.79 Å². The number of benzene rings is 5. The minimum atomic E-state index is -4.92. The lowest BCUT2D eigenvalue weighted by Gasteiger charge is -2.21. The van der Waals surface area contributed by atoms with E-state index in [1.54, 1.807) is 48.5 Å². The smallest absolute Gasteiger partial charge is 0.335 e. The predicted octanol–water partition coefficient (Wildman–Crippen LogP) is 5.93. The molecule has 0 saturated carbocycles. The zero-order valence-electron chi connectivity index (χ0n) is 34.8. The van der Waals surface area contributed by atoms with Crippen LogP contribution in [-0.4, -0.2) is 103 Å². The summed E-state index contributed by atoms with van der Waals surface area (Å²) in [6, 6.07) is 31.5. The van der Waals surface area contributed by atoms with Crippen molar-refractivity contribution in [3.8, 4) is 0 Å². The van der Waals surface area contributed by atoms with E-state index >= 15 is 0 Å². The Morgan fingerprint density at radius 1 is 0.493 bits per heavy atom. The molecule has 0 atom stereocenters. The summed E-state index contributed by atoms with van der Waals surface area (Å²) in [6.45, 7) is -0.412. The predicted molar refractivity (Wildman–Crippen MR) is 250 cm³/mol.